The van der Waals surface area contributed by atoms with Crippen molar-refractivity contribution < 1.29 is 19.1 Å². The summed E-state index contributed by atoms with van der Waals surface area (Å²) in [5.41, 5.74) is -0.175. The topological polar surface area (TPSA) is 68.7 Å². The molecule has 0 bridgehead atoms. The van der Waals surface area contributed by atoms with Crippen LogP contribution in [0.3, 0.4) is 0 Å². The lowest BCUT2D eigenvalue weighted by Gasteiger charge is -2.30. The SMILES string of the molecule is CCOc1ccc2c(n1)N(C(=O)OC(C)(C)C)CCC2=O. The summed E-state index contributed by atoms with van der Waals surface area (Å²) in [6.45, 7) is 7.97. The maximum atomic E-state index is 12.3. The van der Waals surface area contributed by atoms with Crippen LogP contribution in [0.15, 0.2) is 12.1 Å². The minimum atomic E-state index is -0.601. The molecule has 1 aliphatic heterocycles. The number of ketones is 1. The van der Waals surface area contributed by atoms with Crippen molar-refractivity contribution >= 4 is 17.7 Å². The van der Waals surface area contributed by atoms with Gasteiger partial charge in [0, 0.05) is 19.0 Å². The molecule has 1 aromatic rings. The van der Waals surface area contributed by atoms with Gasteiger partial charge in [0.25, 0.3) is 0 Å². The predicted molar refractivity (Wildman–Crippen MR) is 77.9 cm³/mol. The summed E-state index contributed by atoms with van der Waals surface area (Å²) in [6.07, 6.45) is -0.237. The Hall–Kier alpha value is -2.11. The number of hydrogen-bond donors (Lipinski definition) is 0. The van der Waals surface area contributed by atoms with Gasteiger partial charge in [-0.1, -0.05) is 0 Å². The molecule has 2 rings (SSSR count). The second kappa shape index (κ2) is 5.71. The van der Waals surface area contributed by atoms with Crippen molar-refractivity contribution in [3.63, 3.8) is 0 Å². The van der Waals surface area contributed by atoms with Crippen LogP contribution in [-0.2, 0) is 4.74 Å². The fraction of sp³-hybridized carbons (Fsp3) is 0.533. The molecule has 0 fully saturated rings. The van der Waals surface area contributed by atoms with E-state index in [-0.39, 0.29) is 18.7 Å². The number of fused-ring (bicyclic) bond motifs is 1. The molecule has 6 heteroatoms. The molecule has 1 aromatic heterocycles. The first-order valence-electron chi connectivity index (χ1n) is 6.99. The molecule has 1 amide bonds. The fourth-order valence-corrected chi connectivity index (χ4v) is 2.03. The van der Waals surface area contributed by atoms with Gasteiger partial charge in [-0.05, 0) is 33.8 Å². The van der Waals surface area contributed by atoms with Crippen molar-refractivity contribution in [2.45, 2.75) is 39.7 Å². The van der Waals surface area contributed by atoms with Gasteiger partial charge in [-0.3, -0.25) is 9.69 Å². The van der Waals surface area contributed by atoms with Crippen molar-refractivity contribution in [1.29, 1.82) is 0 Å². The molecule has 0 N–H and O–H groups in total. The Labute approximate surface area is 124 Å². The maximum Gasteiger partial charge on any atom is 0.416 e. The number of hydrogen-bond acceptors (Lipinski definition) is 5. The average Bonchev–Trinajstić information content (AvgIpc) is 2.37. The van der Waals surface area contributed by atoms with Crippen LogP contribution in [0.5, 0.6) is 5.88 Å². The number of nitrogens with zero attached hydrogens (tertiary/aromatic N) is 2. The van der Waals surface area contributed by atoms with Gasteiger partial charge in [0.1, 0.15) is 5.60 Å². The van der Waals surface area contributed by atoms with E-state index < -0.39 is 11.7 Å². The largest absolute Gasteiger partial charge is 0.478 e. The van der Waals surface area contributed by atoms with Crippen LogP contribution in [0, 0.1) is 0 Å². The van der Waals surface area contributed by atoms with Crippen molar-refractivity contribution in [2.24, 2.45) is 0 Å². The van der Waals surface area contributed by atoms with Gasteiger partial charge in [0.2, 0.25) is 5.88 Å². The van der Waals surface area contributed by atoms with Gasteiger partial charge in [-0.2, -0.15) is 4.98 Å². The molecule has 0 saturated heterocycles. The quantitative estimate of drug-likeness (QED) is 0.838. The van der Waals surface area contributed by atoms with E-state index in [9.17, 15) is 9.59 Å². The van der Waals surface area contributed by atoms with Crippen molar-refractivity contribution in [2.75, 3.05) is 18.1 Å². The van der Waals surface area contributed by atoms with Crippen LogP contribution in [0.1, 0.15) is 44.5 Å². The number of aromatic nitrogens is 1. The Bertz CT molecular complexity index is 563. The molecule has 0 aliphatic carbocycles. The summed E-state index contributed by atoms with van der Waals surface area (Å²) in [6, 6.07) is 3.28. The van der Waals surface area contributed by atoms with Crippen LogP contribution < -0.4 is 9.64 Å². The third-order valence-corrected chi connectivity index (χ3v) is 2.87. The minimum absolute atomic E-state index is 0.0274. The number of pyridine rings is 1. The molecule has 0 atom stereocenters. The predicted octanol–water partition coefficient (Wildman–Crippen LogP) is 2.81. The summed E-state index contributed by atoms with van der Waals surface area (Å²) in [4.78, 5) is 29.9. The molecule has 1 aliphatic rings. The highest BCUT2D eigenvalue weighted by Crippen LogP contribution is 2.28. The van der Waals surface area contributed by atoms with E-state index in [4.69, 9.17) is 9.47 Å². The number of anilines is 1. The van der Waals surface area contributed by atoms with Crippen LogP contribution in [0.25, 0.3) is 0 Å². The van der Waals surface area contributed by atoms with E-state index in [0.717, 1.165) is 0 Å². The highest BCUT2D eigenvalue weighted by Gasteiger charge is 2.32. The maximum absolute atomic E-state index is 12.3. The van der Waals surface area contributed by atoms with Crippen LogP contribution in [0.2, 0.25) is 0 Å². The van der Waals surface area contributed by atoms with Crippen LogP contribution >= 0.6 is 0 Å². The molecule has 114 valence electrons. The van der Waals surface area contributed by atoms with Gasteiger partial charge < -0.3 is 9.47 Å². The number of carbonyl (C=O) groups excluding carboxylic acids is 2. The number of Topliss-reactive ketones (excluding diaryl/α,β-unsaturated/α-hetero) is 1. The highest BCUT2D eigenvalue weighted by molar-refractivity contribution is 6.06. The lowest BCUT2D eigenvalue weighted by molar-refractivity contribution is 0.0576. The van der Waals surface area contributed by atoms with Gasteiger partial charge in [0.05, 0.1) is 12.2 Å². The number of amides is 1. The molecule has 2 heterocycles. The normalized spacial score (nSPS) is 14.7. The Morgan fingerprint density at radius 1 is 1.38 bits per heavy atom. The first kappa shape index (κ1) is 15.3. The standard InChI is InChI=1S/C15H20N2O4/c1-5-20-12-7-6-10-11(18)8-9-17(13(10)16-12)14(19)21-15(2,3)4/h6-7H,5,8-9H2,1-4H3. The molecule has 0 unspecified atom stereocenters. The minimum Gasteiger partial charge on any atom is -0.478 e. The monoisotopic (exact) mass is 292 g/mol. The average molecular weight is 292 g/mol. The summed E-state index contributed by atoms with van der Waals surface area (Å²) in [5.74, 6) is 0.673. The Kier molecular flexibility index (Phi) is 4.16. The molecule has 0 radical (unpaired) electrons. The van der Waals surface area contributed by atoms with Gasteiger partial charge in [0.15, 0.2) is 11.6 Å². The van der Waals surface area contributed by atoms with Crippen molar-refractivity contribution in [1.82, 2.24) is 4.98 Å². The summed E-state index contributed by atoms with van der Waals surface area (Å²) in [7, 11) is 0. The van der Waals surface area contributed by atoms with Crippen molar-refractivity contribution in [3.05, 3.63) is 17.7 Å². The van der Waals surface area contributed by atoms with Crippen molar-refractivity contribution in [3.8, 4) is 5.88 Å². The highest BCUT2D eigenvalue weighted by atomic mass is 16.6. The van der Waals surface area contributed by atoms with Crippen LogP contribution in [0.4, 0.5) is 10.6 Å². The first-order chi connectivity index (χ1) is 9.81. The smallest absolute Gasteiger partial charge is 0.416 e. The zero-order valence-electron chi connectivity index (χ0n) is 12.8. The molecular formula is C15H20N2O4. The van der Waals surface area contributed by atoms with E-state index in [2.05, 4.69) is 4.98 Å². The lowest BCUT2D eigenvalue weighted by Crippen LogP contribution is -2.41. The third-order valence-electron chi connectivity index (χ3n) is 2.87. The second-order valence-electron chi connectivity index (χ2n) is 5.76. The molecule has 0 saturated carbocycles. The molecule has 0 spiro atoms. The summed E-state index contributed by atoms with van der Waals surface area (Å²) in [5, 5.41) is 0. The van der Waals surface area contributed by atoms with Gasteiger partial charge in [-0.25, -0.2) is 4.79 Å². The van der Waals surface area contributed by atoms with E-state index in [0.29, 0.717) is 23.9 Å². The van der Waals surface area contributed by atoms with E-state index in [1.54, 1.807) is 32.9 Å². The van der Waals surface area contributed by atoms with E-state index in [1.807, 2.05) is 6.92 Å². The number of ether oxygens (including phenoxy) is 2. The third kappa shape index (κ3) is 3.51. The van der Waals surface area contributed by atoms with E-state index >= 15 is 0 Å². The summed E-state index contributed by atoms with van der Waals surface area (Å²) >= 11 is 0. The van der Waals surface area contributed by atoms with Gasteiger partial charge >= 0.3 is 6.09 Å². The molecule has 21 heavy (non-hydrogen) atoms. The first-order valence-corrected chi connectivity index (χ1v) is 6.99. The molecule has 6 nitrogen and oxygen atoms in total. The Morgan fingerprint density at radius 3 is 2.71 bits per heavy atom. The lowest BCUT2D eigenvalue weighted by atomic mass is 10.0. The summed E-state index contributed by atoms with van der Waals surface area (Å²) < 4.78 is 10.7. The van der Waals surface area contributed by atoms with E-state index in [1.165, 1.54) is 4.90 Å². The van der Waals surface area contributed by atoms with Crippen LogP contribution in [-0.4, -0.2) is 35.6 Å². The number of rotatable bonds is 2. The fourth-order valence-electron chi connectivity index (χ4n) is 2.03. The zero-order valence-corrected chi connectivity index (χ0v) is 12.8. The molecular weight excluding hydrogens is 272 g/mol. The Morgan fingerprint density at radius 2 is 2.10 bits per heavy atom. The zero-order chi connectivity index (χ0) is 15.6. The number of carbonyl (C=O) groups is 2. The van der Waals surface area contributed by atoms with Gasteiger partial charge in [-0.15, -0.1) is 0 Å². The molecule has 0 aromatic carbocycles. The second-order valence-corrected chi connectivity index (χ2v) is 5.76. The Balaban J connectivity index is 2.34.